The van der Waals surface area contributed by atoms with Crippen molar-refractivity contribution >= 4 is 6.09 Å². The number of rotatable bonds is 5. The van der Waals surface area contributed by atoms with Gasteiger partial charge in [0.25, 0.3) is 0 Å². The fraction of sp³-hybridized carbons (Fsp3) is 0.348. The summed E-state index contributed by atoms with van der Waals surface area (Å²) in [5, 5.41) is 4.24. The second kappa shape index (κ2) is 8.57. The fourth-order valence-corrected chi connectivity index (χ4v) is 3.05. The van der Waals surface area contributed by atoms with Gasteiger partial charge < -0.3 is 9.64 Å². The molecule has 3 aromatic rings. The predicted molar refractivity (Wildman–Crippen MR) is 116 cm³/mol. The third-order valence-electron chi connectivity index (χ3n) is 4.49. The zero-order valence-corrected chi connectivity index (χ0v) is 18.1. The van der Waals surface area contributed by atoms with Gasteiger partial charge in [0.1, 0.15) is 11.9 Å². The Labute approximate surface area is 176 Å². The van der Waals surface area contributed by atoms with Crippen LogP contribution in [0.3, 0.4) is 0 Å². The van der Waals surface area contributed by atoms with Crippen LogP contribution < -0.4 is 5.69 Å². The number of ether oxygens (including phenoxy) is 1. The van der Waals surface area contributed by atoms with Gasteiger partial charge in [-0.1, -0.05) is 42.0 Å². The summed E-state index contributed by atoms with van der Waals surface area (Å²) in [5.41, 5.74) is 3.10. The Morgan fingerprint density at radius 3 is 2.43 bits per heavy atom. The Bertz CT molecular complexity index is 1070. The normalized spacial score (nSPS) is 11.4. The molecule has 0 aliphatic carbocycles. The van der Waals surface area contributed by atoms with Crippen LogP contribution in [-0.2, 0) is 17.8 Å². The molecular weight excluding hydrogens is 380 g/mol. The molecule has 7 nitrogen and oxygen atoms in total. The topological polar surface area (TPSA) is 69.4 Å². The lowest BCUT2D eigenvalue weighted by Crippen LogP contribution is -2.33. The van der Waals surface area contributed by atoms with Crippen LogP contribution >= 0.6 is 0 Å². The lowest BCUT2D eigenvalue weighted by atomic mass is 10.1. The molecule has 3 rings (SSSR count). The molecule has 0 bridgehead atoms. The number of hydrogen-bond donors (Lipinski definition) is 0. The van der Waals surface area contributed by atoms with Gasteiger partial charge in [0, 0.05) is 13.6 Å². The average Bonchev–Trinajstić information content (AvgIpc) is 3.01. The zero-order chi connectivity index (χ0) is 21.9. The molecule has 0 N–H and O–H groups in total. The maximum absolute atomic E-state index is 12.7. The Hall–Kier alpha value is -3.35. The summed E-state index contributed by atoms with van der Waals surface area (Å²) in [6.45, 7) is 8.37. The lowest BCUT2D eigenvalue weighted by Gasteiger charge is -2.24. The third kappa shape index (κ3) is 5.37. The molecule has 158 valence electrons. The summed E-state index contributed by atoms with van der Waals surface area (Å²) in [6, 6.07) is 15.5. The minimum absolute atomic E-state index is 0.199. The summed E-state index contributed by atoms with van der Waals surface area (Å²) < 4.78 is 8.32. The number of carbonyl (C=O) groups excluding carboxylic acids is 1. The van der Waals surface area contributed by atoms with Gasteiger partial charge in [-0.3, -0.25) is 0 Å². The van der Waals surface area contributed by atoms with E-state index >= 15 is 0 Å². The maximum atomic E-state index is 12.7. The van der Waals surface area contributed by atoms with Crippen LogP contribution in [0.4, 0.5) is 4.79 Å². The van der Waals surface area contributed by atoms with Crippen molar-refractivity contribution in [3.63, 3.8) is 0 Å². The highest BCUT2D eigenvalue weighted by Gasteiger charge is 2.19. The van der Waals surface area contributed by atoms with Crippen LogP contribution in [0.25, 0.3) is 5.69 Å². The number of aromatic nitrogens is 3. The van der Waals surface area contributed by atoms with Crippen LogP contribution in [0.5, 0.6) is 0 Å². The molecule has 1 amide bonds. The quantitative estimate of drug-likeness (QED) is 0.645. The molecule has 30 heavy (non-hydrogen) atoms. The van der Waals surface area contributed by atoms with Gasteiger partial charge in [-0.15, -0.1) is 0 Å². The number of carbonyl (C=O) groups is 1. The number of aryl methyl sites for hydroxylation is 1. The van der Waals surface area contributed by atoms with E-state index < -0.39 is 5.60 Å². The van der Waals surface area contributed by atoms with E-state index in [1.165, 1.54) is 20.5 Å². The van der Waals surface area contributed by atoms with Crippen molar-refractivity contribution in [1.29, 1.82) is 0 Å². The highest BCUT2D eigenvalue weighted by molar-refractivity contribution is 5.67. The minimum atomic E-state index is -0.533. The Morgan fingerprint density at radius 2 is 1.80 bits per heavy atom. The summed E-state index contributed by atoms with van der Waals surface area (Å²) in [5.74, 6) is 0. The highest BCUT2D eigenvalue weighted by atomic mass is 16.6. The van der Waals surface area contributed by atoms with Gasteiger partial charge in [-0.05, 0) is 51.0 Å². The minimum Gasteiger partial charge on any atom is -0.444 e. The summed E-state index contributed by atoms with van der Waals surface area (Å²) in [6.07, 6.45) is 1.15. The third-order valence-corrected chi connectivity index (χ3v) is 4.49. The molecular formula is C23H28N4O3. The zero-order valence-electron chi connectivity index (χ0n) is 18.1. The van der Waals surface area contributed by atoms with Crippen molar-refractivity contribution in [3.8, 4) is 5.69 Å². The van der Waals surface area contributed by atoms with Gasteiger partial charge >= 0.3 is 11.8 Å². The first-order valence-corrected chi connectivity index (χ1v) is 9.86. The maximum Gasteiger partial charge on any atom is 0.410 e. The highest BCUT2D eigenvalue weighted by Crippen LogP contribution is 2.13. The van der Waals surface area contributed by atoms with Crippen LogP contribution in [0.1, 0.15) is 37.5 Å². The standard InChI is InChI=1S/C23H28N4O3/c1-17-7-6-8-19(13-17)15-27-21(28)26(16-24-27)20-11-9-18(10-12-20)14-25(5)22(29)30-23(2,3)4/h6-13,16H,14-15H2,1-5H3. The molecule has 7 heteroatoms. The van der Waals surface area contributed by atoms with E-state index in [9.17, 15) is 9.59 Å². The molecule has 0 fully saturated rings. The Balaban J connectivity index is 1.70. The van der Waals surface area contributed by atoms with Crippen LogP contribution in [0, 0.1) is 6.92 Å². The number of benzene rings is 2. The van der Waals surface area contributed by atoms with Gasteiger partial charge in [0.15, 0.2) is 0 Å². The first-order valence-electron chi connectivity index (χ1n) is 9.86. The summed E-state index contributed by atoms with van der Waals surface area (Å²) >= 11 is 0. The first kappa shape index (κ1) is 21.4. The average molecular weight is 409 g/mol. The molecule has 1 aromatic heterocycles. The molecule has 0 atom stereocenters. The van der Waals surface area contributed by atoms with Gasteiger partial charge in [0.05, 0.1) is 12.2 Å². The van der Waals surface area contributed by atoms with Crippen molar-refractivity contribution in [3.05, 3.63) is 82.0 Å². The monoisotopic (exact) mass is 408 g/mol. The molecule has 0 aliphatic rings. The molecule has 2 aromatic carbocycles. The van der Waals surface area contributed by atoms with Gasteiger partial charge in [-0.25, -0.2) is 18.8 Å². The largest absolute Gasteiger partial charge is 0.444 e. The molecule has 0 spiro atoms. The number of nitrogens with zero attached hydrogens (tertiary/aromatic N) is 4. The van der Waals surface area contributed by atoms with E-state index in [2.05, 4.69) is 5.10 Å². The second-order valence-corrected chi connectivity index (χ2v) is 8.43. The molecule has 1 heterocycles. The fourth-order valence-electron chi connectivity index (χ4n) is 3.05. The van der Waals surface area contributed by atoms with Crippen LogP contribution in [0.15, 0.2) is 59.7 Å². The molecule has 0 radical (unpaired) electrons. The molecule has 0 saturated heterocycles. The van der Waals surface area contributed by atoms with E-state index in [4.69, 9.17) is 4.74 Å². The smallest absolute Gasteiger partial charge is 0.410 e. The van der Waals surface area contributed by atoms with E-state index in [-0.39, 0.29) is 11.8 Å². The van der Waals surface area contributed by atoms with E-state index in [1.807, 2.05) is 76.2 Å². The van der Waals surface area contributed by atoms with Crippen molar-refractivity contribution in [2.75, 3.05) is 7.05 Å². The van der Waals surface area contributed by atoms with Crippen molar-refractivity contribution in [2.24, 2.45) is 0 Å². The van der Waals surface area contributed by atoms with Crippen LogP contribution in [0.2, 0.25) is 0 Å². The van der Waals surface area contributed by atoms with Crippen LogP contribution in [-0.4, -0.2) is 38.0 Å². The van der Waals surface area contributed by atoms with E-state index in [0.29, 0.717) is 13.1 Å². The predicted octanol–water partition coefficient (Wildman–Crippen LogP) is 3.76. The number of amides is 1. The number of hydrogen-bond acceptors (Lipinski definition) is 4. The molecule has 0 aliphatic heterocycles. The van der Waals surface area contributed by atoms with Crippen molar-refractivity contribution in [2.45, 2.75) is 46.4 Å². The molecule has 0 saturated carbocycles. The van der Waals surface area contributed by atoms with Gasteiger partial charge in [0.2, 0.25) is 0 Å². The summed E-state index contributed by atoms with van der Waals surface area (Å²) in [4.78, 5) is 26.4. The van der Waals surface area contributed by atoms with Gasteiger partial charge in [-0.2, -0.15) is 5.10 Å². The second-order valence-electron chi connectivity index (χ2n) is 8.43. The lowest BCUT2D eigenvalue weighted by molar-refractivity contribution is 0.0285. The Kier molecular flexibility index (Phi) is 6.10. The van der Waals surface area contributed by atoms with E-state index in [1.54, 1.807) is 7.05 Å². The Morgan fingerprint density at radius 1 is 1.10 bits per heavy atom. The van der Waals surface area contributed by atoms with Crippen molar-refractivity contribution < 1.29 is 9.53 Å². The summed E-state index contributed by atoms with van der Waals surface area (Å²) in [7, 11) is 1.70. The van der Waals surface area contributed by atoms with E-state index in [0.717, 1.165) is 22.4 Å². The SMILES string of the molecule is Cc1cccc(Cn2ncn(-c3ccc(CN(C)C(=O)OC(C)(C)C)cc3)c2=O)c1. The first-order chi connectivity index (χ1) is 14.1. The molecule has 0 unspecified atom stereocenters. The van der Waals surface area contributed by atoms with Crippen molar-refractivity contribution in [1.82, 2.24) is 19.2 Å².